The van der Waals surface area contributed by atoms with Crippen LogP contribution in [0.15, 0.2) is 48.0 Å². The first-order valence-corrected chi connectivity index (χ1v) is 8.95. The number of fused-ring (bicyclic) bond motifs is 1. The number of carbonyl (C=O) groups excluding carboxylic acids is 1. The predicted molar refractivity (Wildman–Crippen MR) is 96.8 cm³/mol. The van der Waals surface area contributed by atoms with Crippen molar-refractivity contribution in [1.29, 1.82) is 0 Å². The molecular formula is C18H14ClN3OS. The molecule has 2 aromatic heterocycles. The fraction of sp³-hybridized carbons (Fsp3) is 0.167. The summed E-state index contributed by atoms with van der Waals surface area (Å²) in [6.07, 6.45) is 3.60. The van der Waals surface area contributed by atoms with Crippen LogP contribution in [0.2, 0.25) is 5.02 Å². The van der Waals surface area contributed by atoms with E-state index in [1.165, 1.54) is 11.3 Å². The number of halogens is 1. The van der Waals surface area contributed by atoms with Gasteiger partial charge in [0.2, 0.25) is 0 Å². The van der Waals surface area contributed by atoms with Crippen molar-refractivity contribution < 1.29 is 4.79 Å². The molecule has 24 heavy (non-hydrogen) atoms. The number of aromatic nitrogens is 2. The normalized spacial score (nSPS) is 13.6. The minimum Gasteiger partial charge on any atom is -0.305 e. The van der Waals surface area contributed by atoms with Crippen molar-refractivity contribution in [3.63, 3.8) is 0 Å². The Labute approximate surface area is 148 Å². The summed E-state index contributed by atoms with van der Waals surface area (Å²) < 4.78 is 0. The molecule has 1 aromatic carbocycles. The first kappa shape index (κ1) is 15.3. The molecule has 3 heterocycles. The fourth-order valence-electron chi connectivity index (χ4n) is 2.84. The van der Waals surface area contributed by atoms with Crippen molar-refractivity contribution in [2.45, 2.75) is 12.8 Å². The molecule has 6 heteroatoms. The Balaban J connectivity index is 1.63. The molecular weight excluding hydrogens is 342 g/mol. The second kappa shape index (κ2) is 6.34. The predicted octanol–water partition coefficient (Wildman–Crippen LogP) is 4.45. The van der Waals surface area contributed by atoms with E-state index in [4.69, 9.17) is 11.6 Å². The van der Waals surface area contributed by atoms with Gasteiger partial charge in [0.1, 0.15) is 10.7 Å². The van der Waals surface area contributed by atoms with Gasteiger partial charge in [0.15, 0.2) is 0 Å². The van der Waals surface area contributed by atoms with Crippen molar-refractivity contribution in [1.82, 2.24) is 9.97 Å². The van der Waals surface area contributed by atoms with E-state index in [1.54, 1.807) is 11.1 Å². The largest absolute Gasteiger partial charge is 0.305 e. The summed E-state index contributed by atoms with van der Waals surface area (Å²) in [5.74, 6) is -0.0691. The zero-order chi connectivity index (χ0) is 16.5. The Morgan fingerprint density at radius 3 is 2.88 bits per heavy atom. The highest BCUT2D eigenvalue weighted by Crippen LogP contribution is 2.29. The van der Waals surface area contributed by atoms with E-state index in [2.05, 4.69) is 9.97 Å². The van der Waals surface area contributed by atoms with Gasteiger partial charge in [-0.1, -0.05) is 23.7 Å². The minimum atomic E-state index is -0.0691. The van der Waals surface area contributed by atoms with E-state index < -0.39 is 0 Å². The number of benzene rings is 1. The highest BCUT2D eigenvalue weighted by molar-refractivity contribution is 7.13. The standard InChI is InChI=1S/C18H14ClN3OS/c19-13-7-5-12(6-8-13)17-21-15(11-24-17)18(23)22-10-2-3-14-16(22)4-1-9-20-14/h1,4-9,11H,2-3,10H2. The average molecular weight is 356 g/mol. The van der Waals surface area contributed by atoms with Gasteiger partial charge in [-0.3, -0.25) is 9.78 Å². The maximum Gasteiger partial charge on any atom is 0.277 e. The Morgan fingerprint density at radius 2 is 2.04 bits per heavy atom. The number of pyridine rings is 1. The molecule has 1 aliphatic rings. The third kappa shape index (κ3) is 2.81. The molecule has 0 radical (unpaired) electrons. The lowest BCUT2D eigenvalue weighted by atomic mass is 10.1. The molecule has 3 aromatic rings. The molecule has 0 fully saturated rings. The number of nitrogens with zero attached hydrogens (tertiary/aromatic N) is 3. The monoisotopic (exact) mass is 355 g/mol. The van der Waals surface area contributed by atoms with Crippen LogP contribution in [0.3, 0.4) is 0 Å². The first-order chi connectivity index (χ1) is 11.7. The van der Waals surface area contributed by atoms with Gasteiger partial charge < -0.3 is 4.90 Å². The van der Waals surface area contributed by atoms with Crippen LogP contribution in [0.5, 0.6) is 0 Å². The van der Waals surface area contributed by atoms with Crippen LogP contribution >= 0.6 is 22.9 Å². The summed E-state index contributed by atoms with van der Waals surface area (Å²) in [6.45, 7) is 0.700. The third-order valence-corrected chi connectivity index (χ3v) is 5.16. The van der Waals surface area contributed by atoms with Crippen molar-refractivity contribution in [3.05, 3.63) is 64.4 Å². The number of carbonyl (C=O) groups is 1. The van der Waals surface area contributed by atoms with Crippen molar-refractivity contribution >= 4 is 34.5 Å². The SMILES string of the molecule is O=C(c1csc(-c2ccc(Cl)cc2)n1)N1CCCc2ncccc21. The molecule has 0 atom stereocenters. The molecule has 0 saturated carbocycles. The maximum atomic E-state index is 12.9. The topological polar surface area (TPSA) is 46.1 Å². The zero-order valence-electron chi connectivity index (χ0n) is 12.8. The molecule has 0 spiro atoms. The van der Waals surface area contributed by atoms with Gasteiger partial charge in [-0.15, -0.1) is 11.3 Å². The van der Waals surface area contributed by atoms with Crippen LogP contribution in [-0.4, -0.2) is 22.4 Å². The zero-order valence-corrected chi connectivity index (χ0v) is 14.3. The molecule has 1 amide bonds. The van der Waals surface area contributed by atoms with Crippen molar-refractivity contribution in [3.8, 4) is 10.6 Å². The van der Waals surface area contributed by atoms with Crippen LogP contribution in [0.1, 0.15) is 22.6 Å². The number of anilines is 1. The van der Waals surface area contributed by atoms with Crippen molar-refractivity contribution in [2.75, 3.05) is 11.4 Å². The lowest BCUT2D eigenvalue weighted by molar-refractivity contribution is 0.0981. The number of amides is 1. The molecule has 0 N–H and O–H groups in total. The summed E-state index contributed by atoms with van der Waals surface area (Å²) in [6, 6.07) is 11.3. The number of rotatable bonds is 2. The summed E-state index contributed by atoms with van der Waals surface area (Å²) in [5, 5.41) is 3.32. The molecule has 0 aliphatic carbocycles. The number of aryl methyl sites for hydroxylation is 1. The second-order valence-corrected chi connectivity index (χ2v) is 6.87. The fourth-order valence-corrected chi connectivity index (χ4v) is 3.77. The van der Waals surface area contributed by atoms with Crippen LogP contribution in [0.4, 0.5) is 5.69 Å². The smallest absolute Gasteiger partial charge is 0.277 e. The van der Waals surface area contributed by atoms with E-state index in [-0.39, 0.29) is 5.91 Å². The number of thiazole rings is 1. The van der Waals surface area contributed by atoms with E-state index >= 15 is 0 Å². The molecule has 4 nitrogen and oxygen atoms in total. The average Bonchev–Trinajstić information content (AvgIpc) is 3.11. The number of hydrogen-bond acceptors (Lipinski definition) is 4. The molecule has 0 saturated heterocycles. The van der Waals surface area contributed by atoms with Gasteiger partial charge >= 0.3 is 0 Å². The quantitative estimate of drug-likeness (QED) is 0.682. The van der Waals surface area contributed by atoms with Crippen LogP contribution in [-0.2, 0) is 6.42 Å². The van der Waals surface area contributed by atoms with Crippen molar-refractivity contribution in [2.24, 2.45) is 0 Å². The number of hydrogen-bond donors (Lipinski definition) is 0. The highest BCUT2D eigenvalue weighted by atomic mass is 35.5. The van der Waals surface area contributed by atoms with Gasteiger partial charge in [-0.05, 0) is 37.1 Å². The van der Waals surface area contributed by atoms with Gasteiger partial charge in [-0.25, -0.2) is 4.98 Å². The van der Waals surface area contributed by atoms with Gasteiger partial charge in [0.25, 0.3) is 5.91 Å². The molecule has 4 rings (SSSR count). The van der Waals surface area contributed by atoms with E-state index in [0.29, 0.717) is 17.3 Å². The Bertz CT molecular complexity index is 891. The van der Waals surface area contributed by atoms with Gasteiger partial charge in [0.05, 0.1) is 11.4 Å². The third-order valence-electron chi connectivity index (χ3n) is 4.01. The molecule has 0 bridgehead atoms. The van der Waals surface area contributed by atoms with Crippen LogP contribution < -0.4 is 4.90 Å². The van der Waals surface area contributed by atoms with E-state index in [9.17, 15) is 4.79 Å². The Morgan fingerprint density at radius 1 is 1.21 bits per heavy atom. The molecule has 120 valence electrons. The molecule has 0 unspecified atom stereocenters. The summed E-state index contributed by atoms with van der Waals surface area (Å²) in [7, 11) is 0. The maximum absolute atomic E-state index is 12.9. The lowest BCUT2D eigenvalue weighted by Gasteiger charge is -2.27. The summed E-state index contributed by atoms with van der Waals surface area (Å²) in [4.78, 5) is 23.6. The van der Waals surface area contributed by atoms with Gasteiger partial charge in [0, 0.05) is 28.7 Å². The summed E-state index contributed by atoms with van der Waals surface area (Å²) >= 11 is 7.39. The Kier molecular flexibility index (Phi) is 4.04. The van der Waals surface area contributed by atoms with Gasteiger partial charge in [-0.2, -0.15) is 0 Å². The minimum absolute atomic E-state index is 0.0691. The van der Waals surface area contributed by atoms with Crippen LogP contribution in [0, 0.1) is 0 Å². The van der Waals surface area contributed by atoms with E-state index in [0.717, 1.165) is 34.8 Å². The second-order valence-electron chi connectivity index (χ2n) is 5.57. The lowest BCUT2D eigenvalue weighted by Crippen LogP contribution is -2.36. The first-order valence-electron chi connectivity index (χ1n) is 7.69. The molecule has 1 aliphatic heterocycles. The summed E-state index contributed by atoms with van der Waals surface area (Å²) in [5.41, 5.74) is 3.31. The Hall–Kier alpha value is -2.24. The highest BCUT2D eigenvalue weighted by Gasteiger charge is 2.25. The van der Waals surface area contributed by atoms with Crippen LogP contribution in [0.25, 0.3) is 10.6 Å². The van der Waals surface area contributed by atoms with E-state index in [1.807, 2.05) is 41.8 Å².